The number of phenols is 1. The van der Waals surface area contributed by atoms with Gasteiger partial charge in [0.05, 0.1) is 0 Å². The highest BCUT2D eigenvalue weighted by Gasteiger charge is 2.22. The molecule has 1 N–H and O–H groups in total. The van der Waals surface area contributed by atoms with Gasteiger partial charge in [-0.3, -0.25) is 4.90 Å². The van der Waals surface area contributed by atoms with Crippen LogP contribution in [0.3, 0.4) is 0 Å². The highest BCUT2D eigenvalue weighted by atomic mass is 16.5. The van der Waals surface area contributed by atoms with Crippen molar-refractivity contribution in [2.24, 2.45) is 0 Å². The summed E-state index contributed by atoms with van der Waals surface area (Å²) in [5.74, 6) is 0.789. The summed E-state index contributed by atoms with van der Waals surface area (Å²) in [6, 6.07) is 16.7. The third-order valence-electron chi connectivity index (χ3n) is 4.84. The van der Waals surface area contributed by atoms with Crippen molar-refractivity contribution in [3.8, 4) is 11.5 Å². The van der Waals surface area contributed by atoms with Crippen LogP contribution in [0.25, 0.3) is 0 Å². The number of likely N-dealkylation sites (tertiary alicyclic amines) is 1. The van der Waals surface area contributed by atoms with Crippen molar-refractivity contribution in [2.45, 2.75) is 38.6 Å². The van der Waals surface area contributed by atoms with Gasteiger partial charge in [0.1, 0.15) is 6.61 Å². The van der Waals surface area contributed by atoms with E-state index in [4.69, 9.17) is 4.74 Å². The fourth-order valence-electron chi connectivity index (χ4n) is 3.43. The molecule has 0 radical (unpaired) electrons. The van der Waals surface area contributed by atoms with Gasteiger partial charge in [-0.15, -0.1) is 0 Å². The lowest BCUT2D eigenvalue weighted by atomic mass is 9.95. The number of nitrogens with zero attached hydrogens (tertiary/aromatic N) is 1. The molecule has 0 bridgehead atoms. The average Bonchev–Trinajstić information content (AvgIpc) is 2.60. The number of phenolic OH excluding ortho intramolecular Hbond substituents is 1. The summed E-state index contributed by atoms with van der Waals surface area (Å²) in [5.41, 5.74) is 2.73. The molecule has 0 amide bonds. The molecule has 2 aromatic carbocycles. The third kappa shape index (κ3) is 4.51. The Balaban J connectivity index is 1.54. The Hall–Kier alpha value is -2.00. The quantitative estimate of drug-likeness (QED) is 0.865. The molecule has 24 heavy (non-hydrogen) atoms. The lowest BCUT2D eigenvalue weighted by Gasteiger charge is -2.35. The van der Waals surface area contributed by atoms with Crippen LogP contribution in [0.2, 0.25) is 0 Å². The molecule has 1 aliphatic rings. The molecule has 1 heterocycles. The number of benzene rings is 2. The predicted octanol–water partition coefficient (Wildman–Crippen LogP) is 4.18. The van der Waals surface area contributed by atoms with Crippen molar-refractivity contribution < 1.29 is 9.84 Å². The fraction of sp³-hybridized carbons (Fsp3) is 0.429. The van der Waals surface area contributed by atoms with Gasteiger partial charge in [-0.25, -0.2) is 0 Å². The van der Waals surface area contributed by atoms with Crippen LogP contribution in [-0.4, -0.2) is 35.7 Å². The van der Waals surface area contributed by atoms with Crippen molar-refractivity contribution in [3.05, 3.63) is 59.7 Å². The Morgan fingerprint density at radius 1 is 1.08 bits per heavy atom. The van der Waals surface area contributed by atoms with Crippen LogP contribution in [-0.2, 0) is 6.42 Å². The van der Waals surface area contributed by atoms with E-state index in [9.17, 15) is 5.11 Å². The van der Waals surface area contributed by atoms with Crippen molar-refractivity contribution in [3.63, 3.8) is 0 Å². The maximum Gasteiger partial charge on any atom is 0.160 e. The highest BCUT2D eigenvalue weighted by molar-refractivity contribution is 5.37. The number of piperidine rings is 1. The standard InChI is InChI=1S/C21H27NO2/c1-17-9-11-18(12-10-17)16-19-6-4-5-13-22(19)14-15-24-21-8-3-2-7-20(21)23/h2-3,7-12,19,23H,4-6,13-16H2,1H3. The second-order valence-corrected chi connectivity index (χ2v) is 6.69. The van der Waals surface area contributed by atoms with E-state index in [-0.39, 0.29) is 5.75 Å². The van der Waals surface area contributed by atoms with Crippen LogP contribution in [0, 0.1) is 6.92 Å². The van der Waals surface area contributed by atoms with Crippen molar-refractivity contribution in [2.75, 3.05) is 19.7 Å². The first kappa shape index (κ1) is 16.8. The molecule has 0 spiro atoms. The molecule has 2 aromatic rings. The highest BCUT2D eigenvalue weighted by Crippen LogP contribution is 2.25. The molecule has 3 nitrogen and oxygen atoms in total. The topological polar surface area (TPSA) is 32.7 Å². The Labute approximate surface area is 144 Å². The number of ether oxygens (including phenoxy) is 1. The summed E-state index contributed by atoms with van der Waals surface area (Å²) >= 11 is 0. The lowest BCUT2D eigenvalue weighted by molar-refractivity contribution is 0.122. The maximum absolute atomic E-state index is 9.78. The number of aryl methyl sites for hydroxylation is 1. The van der Waals surface area contributed by atoms with Gasteiger partial charge < -0.3 is 9.84 Å². The number of hydrogen-bond donors (Lipinski definition) is 1. The molecule has 0 saturated carbocycles. The van der Waals surface area contributed by atoms with Gasteiger partial charge in [-0.1, -0.05) is 48.4 Å². The summed E-state index contributed by atoms with van der Waals surface area (Å²) in [5, 5.41) is 9.78. The second-order valence-electron chi connectivity index (χ2n) is 6.69. The first-order valence-corrected chi connectivity index (χ1v) is 8.93. The molecule has 3 heteroatoms. The summed E-state index contributed by atoms with van der Waals surface area (Å²) < 4.78 is 5.76. The van der Waals surface area contributed by atoms with E-state index >= 15 is 0 Å². The molecule has 1 aliphatic heterocycles. The summed E-state index contributed by atoms with van der Waals surface area (Å²) in [7, 11) is 0. The van der Waals surface area contributed by atoms with E-state index in [0.29, 0.717) is 18.4 Å². The lowest BCUT2D eigenvalue weighted by Crippen LogP contribution is -2.43. The molecule has 0 aromatic heterocycles. The zero-order chi connectivity index (χ0) is 16.8. The SMILES string of the molecule is Cc1ccc(CC2CCCCN2CCOc2ccccc2O)cc1. The summed E-state index contributed by atoms with van der Waals surface area (Å²) in [4.78, 5) is 2.54. The Bertz CT molecular complexity index is 639. The summed E-state index contributed by atoms with van der Waals surface area (Å²) in [6.45, 7) is 4.79. The molecule has 1 unspecified atom stereocenters. The van der Waals surface area contributed by atoms with E-state index in [1.165, 1.54) is 30.4 Å². The van der Waals surface area contributed by atoms with Crippen LogP contribution >= 0.6 is 0 Å². The van der Waals surface area contributed by atoms with Gasteiger partial charge in [0.15, 0.2) is 11.5 Å². The van der Waals surface area contributed by atoms with Crippen LogP contribution in [0.4, 0.5) is 0 Å². The van der Waals surface area contributed by atoms with Gasteiger partial charge in [-0.2, -0.15) is 0 Å². The van der Waals surface area contributed by atoms with Gasteiger partial charge in [0, 0.05) is 12.6 Å². The minimum absolute atomic E-state index is 0.215. The molecule has 0 aliphatic carbocycles. The molecule has 3 rings (SSSR count). The second kappa shape index (κ2) is 8.20. The van der Waals surface area contributed by atoms with Crippen molar-refractivity contribution in [1.29, 1.82) is 0 Å². The molecular formula is C21H27NO2. The van der Waals surface area contributed by atoms with Gasteiger partial charge in [0.25, 0.3) is 0 Å². The number of hydrogen-bond acceptors (Lipinski definition) is 3. The van der Waals surface area contributed by atoms with Crippen LogP contribution in [0.5, 0.6) is 11.5 Å². The number of rotatable bonds is 6. The van der Waals surface area contributed by atoms with Gasteiger partial charge >= 0.3 is 0 Å². The minimum atomic E-state index is 0.215. The van der Waals surface area contributed by atoms with Crippen molar-refractivity contribution >= 4 is 0 Å². The third-order valence-corrected chi connectivity index (χ3v) is 4.84. The zero-order valence-corrected chi connectivity index (χ0v) is 14.4. The molecule has 1 fully saturated rings. The Kier molecular flexibility index (Phi) is 5.76. The van der Waals surface area contributed by atoms with Crippen LogP contribution in [0.1, 0.15) is 30.4 Å². The molecule has 128 valence electrons. The zero-order valence-electron chi connectivity index (χ0n) is 14.4. The van der Waals surface area contributed by atoms with Crippen molar-refractivity contribution in [1.82, 2.24) is 4.90 Å². The normalized spacial score (nSPS) is 18.5. The fourth-order valence-corrected chi connectivity index (χ4v) is 3.43. The van der Waals surface area contributed by atoms with E-state index in [1.54, 1.807) is 6.07 Å². The van der Waals surface area contributed by atoms with E-state index in [0.717, 1.165) is 19.5 Å². The number of aromatic hydroxyl groups is 1. The van der Waals surface area contributed by atoms with Crippen LogP contribution < -0.4 is 4.74 Å². The first-order chi connectivity index (χ1) is 11.7. The predicted molar refractivity (Wildman–Crippen MR) is 97.7 cm³/mol. The molecule has 1 atom stereocenters. The molecular weight excluding hydrogens is 298 g/mol. The first-order valence-electron chi connectivity index (χ1n) is 8.93. The monoisotopic (exact) mass is 325 g/mol. The summed E-state index contributed by atoms with van der Waals surface area (Å²) in [6.07, 6.45) is 4.94. The van der Waals surface area contributed by atoms with E-state index < -0.39 is 0 Å². The van der Waals surface area contributed by atoms with Crippen LogP contribution in [0.15, 0.2) is 48.5 Å². The van der Waals surface area contributed by atoms with Gasteiger partial charge in [-0.05, 0) is 50.4 Å². The Morgan fingerprint density at radius 2 is 1.88 bits per heavy atom. The van der Waals surface area contributed by atoms with E-state index in [1.807, 2.05) is 18.2 Å². The van der Waals surface area contributed by atoms with Gasteiger partial charge in [0.2, 0.25) is 0 Å². The molecule has 1 saturated heterocycles. The smallest absolute Gasteiger partial charge is 0.160 e. The maximum atomic E-state index is 9.78. The van der Waals surface area contributed by atoms with E-state index in [2.05, 4.69) is 36.1 Å². The Morgan fingerprint density at radius 3 is 2.67 bits per heavy atom. The number of para-hydroxylation sites is 2. The minimum Gasteiger partial charge on any atom is -0.504 e. The average molecular weight is 325 g/mol. The largest absolute Gasteiger partial charge is 0.504 e.